The lowest BCUT2D eigenvalue weighted by atomic mass is 9.50. The fraction of sp³-hybridized carbons (Fsp3) is 0.565. The van der Waals surface area contributed by atoms with Gasteiger partial charge in [-0.25, -0.2) is 0 Å². The molecule has 0 radical (unpaired) electrons. The molecule has 2 aliphatic rings. The molecule has 4 rings (SSSR count). The average Bonchev–Trinajstić information content (AvgIpc) is 2.61. The number of phenolic OH excluding ortho intramolecular Hbond substituents is 1. The van der Waals surface area contributed by atoms with Crippen LogP contribution >= 0.6 is 0 Å². The Kier molecular flexibility index (Phi) is 4.18. The third-order valence-corrected chi connectivity index (χ3v) is 7.26. The van der Waals surface area contributed by atoms with E-state index in [1.54, 1.807) is 13.2 Å². The highest BCUT2D eigenvalue weighted by Crippen LogP contribution is 2.59. The lowest BCUT2D eigenvalue weighted by molar-refractivity contribution is -0.0323. The molecule has 0 aliphatic heterocycles. The molecule has 0 bridgehead atoms. The molecule has 0 amide bonds. The highest BCUT2D eigenvalue weighted by atomic mass is 16.5. The molecule has 3 atom stereocenters. The van der Waals surface area contributed by atoms with Crippen molar-refractivity contribution >= 4 is 10.8 Å². The number of hydrogen-bond donors (Lipinski definition) is 1. The zero-order valence-corrected chi connectivity index (χ0v) is 16.4. The summed E-state index contributed by atoms with van der Waals surface area (Å²) in [6, 6.07) is 8.00. The molecule has 2 aromatic rings. The summed E-state index contributed by atoms with van der Waals surface area (Å²) < 4.78 is 11.4. The summed E-state index contributed by atoms with van der Waals surface area (Å²) in [6.07, 6.45) is 5.79. The van der Waals surface area contributed by atoms with Gasteiger partial charge in [-0.2, -0.15) is 0 Å². The Hall–Kier alpha value is -1.74. The molecule has 1 fully saturated rings. The summed E-state index contributed by atoms with van der Waals surface area (Å²) in [5.41, 5.74) is 3.00. The van der Waals surface area contributed by atoms with Crippen LogP contribution in [-0.4, -0.2) is 25.9 Å². The van der Waals surface area contributed by atoms with E-state index in [-0.39, 0.29) is 10.8 Å². The van der Waals surface area contributed by atoms with Gasteiger partial charge in [0, 0.05) is 17.9 Å². The van der Waals surface area contributed by atoms with Crippen molar-refractivity contribution in [1.82, 2.24) is 0 Å². The van der Waals surface area contributed by atoms with Crippen molar-refractivity contribution in [3.63, 3.8) is 0 Å². The fourth-order valence-corrected chi connectivity index (χ4v) is 6.19. The smallest absolute Gasteiger partial charge is 0.127 e. The van der Waals surface area contributed by atoms with Gasteiger partial charge >= 0.3 is 0 Å². The summed E-state index contributed by atoms with van der Waals surface area (Å²) in [6.45, 7) is 5.64. The first-order valence-corrected chi connectivity index (χ1v) is 9.75. The minimum absolute atomic E-state index is 0.100. The number of rotatable bonds is 3. The molecule has 3 nitrogen and oxygen atoms in total. The lowest BCUT2D eigenvalue weighted by Gasteiger charge is -2.55. The van der Waals surface area contributed by atoms with Gasteiger partial charge in [0.2, 0.25) is 0 Å². The molecule has 0 heterocycles. The summed E-state index contributed by atoms with van der Waals surface area (Å²) >= 11 is 0. The third-order valence-electron chi connectivity index (χ3n) is 7.26. The molecule has 1 unspecified atom stereocenters. The second-order valence-electron chi connectivity index (χ2n) is 8.75. The number of ether oxygens (including phenoxy) is 2. The molecular weight excluding hydrogens is 324 g/mol. The number of hydrogen-bond acceptors (Lipinski definition) is 3. The standard InChI is InChI=1S/C23H30O3/c1-22(14-25-3)11-6-12-23(2)17-13-19(26-4)16-7-5-8-18(24)21(16)15(17)9-10-20(22)23/h5,7-8,13,20,24H,6,9-12,14H2,1-4H3/t20?,22-,23-/m1/s1. The van der Waals surface area contributed by atoms with E-state index in [0.29, 0.717) is 11.7 Å². The molecule has 3 heteroatoms. The van der Waals surface area contributed by atoms with E-state index in [4.69, 9.17) is 9.47 Å². The normalized spacial score (nSPS) is 30.7. The molecule has 0 saturated heterocycles. The molecule has 26 heavy (non-hydrogen) atoms. The maximum Gasteiger partial charge on any atom is 0.127 e. The van der Waals surface area contributed by atoms with Crippen LogP contribution in [0.5, 0.6) is 11.5 Å². The lowest BCUT2D eigenvalue weighted by Crippen LogP contribution is -2.50. The van der Waals surface area contributed by atoms with Gasteiger partial charge in [0.25, 0.3) is 0 Å². The van der Waals surface area contributed by atoms with Crippen LogP contribution in [0.15, 0.2) is 24.3 Å². The van der Waals surface area contributed by atoms with Crippen LogP contribution in [0, 0.1) is 11.3 Å². The first-order chi connectivity index (χ1) is 12.4. The Labute approximate surface area is 156 Å². The molecule has 1 N–H and O–H groups in total. The molecule has 1 saturated carbocycles. The summed E-state index contributed by atoms with van der Waals surface area (Å²) in [4.78, 5) is 0. The number of aryl methyl sites for hydroxylation is 1. The van der Waals surface area contributed by atoms with E-state index >= 15 is 0 Å². The van der Waals surface area contributed by atoms with Gasteiger partial charge in [-0.15, -0.1) is 0 Å². The second kappa shape index (κ2) is 6.16. The summed E-state index contributed by atoms with van der Waals surface area (Å²) in [5.74, 6) is 1.83. The van der Waals surface area contributed by atoms with Crippen LogP contribution in [0.25, 0.3) is 10.8 Å². The van der Waals surface area contributed by atoms with Gasteiger partial charge in [-0.1, -0.05) is 32.4 Å². The highest BCUT2D eigenvalue weighted by Gasteiger charge is 2.52. The number of fused-ring (bicyclic) bond motifs is 5. The Balaban J connectivity index is 1.96. The topological polar surface area (TPSA) is 38.7 Å². The molecule has 2 aliphatic carbocycles. The first kappa shape index (κ1) is 17.7. The van der Waals surface area contributed by atoms with Crippen LogP contribution in [0.3, 0.4) is 0 Å². The third kappa shape index (κ3) is 2.36. The van der Waals surface area contributed by atoms with E-state index in [9.17, 15) is 5.11 Å². The van der Waals surface area contributed by atoms with Crippen LogP contribution in [0.2, 0.25) is 0 Å². The van der Waals surface area contributed by atoms with Crippen molar-refractivity contribution in [1.29, 1.82) is 0 Å². The number of benzene rings is 2. The molecule has 0 aromatic heterocycles. The van der Waals surface area contributed by atoms with Crippen molar-refractivity contribution in [3.8, 4) is 11.5 Å². The van der Waals surface area contributed by atoms with Gasteiger partial charge < -0.3 is 14.6 Å². The van der Waals surface area contributed by atoms with Gasteiger partial charge in [-0.05, 0) is 65.7 Å². The number of methoxy groups -OCH3 is 2. The Morgan fingerprint density at radius 3 is 2.73 bits per heavy atom. The first-order valence-electron chi connectivity index (χ1n) is 9.75. The van der Waals surface area contributed by atoms with Crippen molar-refractivity contribution in [2.24, 2.45) is 11.3 Å². The van der Waals surface area contributed by atoms with Gasteiger partial charge in [0.15, 0.2) is 0 Å². The van der Waals surface area contributed by atoms with E-state index in [1.807, 2.05) is 13.2 Å². The maximum atomic E-state index is 10.6. The van der Waals surface area contributed by atoms with E-state index < -0.39 is 0 Å². The minimum Gasteiger partial charge on any atom is -0.507 e. The predicted octanol–water partition coefficient (Wildman–Crippen LogP) is 5.21. The van der Waals surface area contributed by atoms with Crippen LogP contribution in [0.4, 0.5) is 0 Å². The van der Waals surface area contributed by atoms with E-state index in [0.717, 1.165) is 36.0 Å². The van der Waals surface area contributed by atoms with E-state index in [2.05, 4.69) is 26.0 Å². The predicted molar refractivity (Wildman–Crippen MR) is 105 cm³/mol. The molecular formula is C23H30O3. The summed E-state index contributed by atoms with van der Waals surface area (Å²) in [7, 11) is 3.55. The Morgan fingerprint density at radius 1 is 1.19 bits per heavy atom. The van der Waals surface area contributed by atoms with Gasteiger partial charge in [0.05, 0.1) is 13.7 Å². The zero-order valence-electron chi connectivity index (χ0n) is 16.4. The average molecular weight is 354 g/mol. The zero-order chi connectivity index (χ0) is 18.5. The van der Waals surface area contributed by atoms with Crippen molar-refractivity contribution in [3.05, 3.63) is 35.4 Å². The molecule has 2 aromatic carbocycles. The van der Waals surface area contributed by atoms with Crippen LogP contribution < -0.4 is 4.74 Å². The van der Waals surface area contributed by atoms with Crippen molar-refractivity contribution < 1.29 is 14.6 Å². The fourth-order valence-electron chi connectivity index (χ4n) is 6.19. The monoisotopic (exact) mass is 354 g/mol. The van der Waals surface area contributed by atoms with Crippen LogP contribution in [0.1, 0.15) is 50.7 Å². The van der Waals surface area contributed by atoms with Crippen molar-refractivity contribution in [2.75, 3.05) is 20.8 Å². The summed E-state index contributed by atoms with van der Waals surface area (Å²) in [5, 5.41) is 12.6. The maximum absolute atomic E-state index is 10.6. The SMILES string of the molecule is COC[C@@]1(C)CCC[C@]2(C)c3cc(OC)c4cccc(O)c4c3CCC12. The Morgan fingerprint density at radius 2 is 2.00 bits per heavy atom. The number of phenols is 1. The quantitative estimate of drug-likeness (QED) is 0.822. The highest BCUT2D eigenvalue weighted by molar-refractivity contribution is 5.97. The number of aromatic hydroxyl groups is 1. The van der Waals surface area contributed by atoms with Gasteiger partial charge in [0.1, 0.15) is 11.5 Å². The Bertz CT molecular complexity index is 839. The van der Waals surface area contributed by atoms with Gasteiger partial charge in [-0.3, -0.25) is 0 Å². The van der Waals surface area contributed by atoms with E-state index in [1.165, 1.54) is 30.4 Å². The van der Waals surface area contributed by atoms with Crippen LogP contribution in [-0.2, 0) is 16.6 Å². The minimum atomic E-state index is 0.100. The largest absolute Gasteiger partial charge is 0.507 e. The molecule has 140 valence electrons. The molecule has 0 spiro atoms. The second-order valence-corrected chi connectivity index (χ2v) is 8.75. The van der Waals surface area contributed by atoms with Crippen molar-refractivity contribution in [2.45, 2.75) is 51.4 Å².